The zero-order valence-electron chi connectivity index (χ0n) is 12.5. The van der Waals surface area contributed by atoms with Crippen LogP contribution >= 0.6 is 0 Å². The third-order valence-electron chi connectivity index (χ3n) is 2.81. The summed E-state index contributed by atoms with van der Waals surface area (Å²) in [5.41, 5.74) is 12.6. The molecular weight excluding hydrogens is 296 g/mol. The van der Waals surface area contributed by atoms with Crippen LogP contribution in [0.1, 0.15) is 17.3 Å². The smallest absolute Gasteiger partial charge is 0.343 e. The molecule has 0 heterocycles. The lowest BCUT2D eigenvalue weighted by atomic mass is 10.2. The summed E-state index contributed by atoms with van der Waals surface area (Å²) < 4.78 is 10.2. The minimum absolute atomic E-state index is 0.250. The molecule has 0 bridgehead atoms. The van der Waals surface area contributed by atoms with Crippen molar-refractivity contribution in [3.05, 3.63) is 60.2 Å². The van der Waals surface area contributed by atoms with Crippen molar-refractivity contribution in [2.45, 2.75) is 6.92 Å². The van der Waals surface area contributed by atoms with E-state index >= 15 is 0 Å². The fraction of sp³-hybridized carbons (Fsp3) is 0.0588. The number of esters is 2. The predicted octanol–water partition coefficient (Wildman–Crippen LogP) is 2.55. The molecule has 0 aliphatic rings. The first-order valence-corrected chi connectivity index (χ1v) is 6.71. The van der Waals surface area contributed by atoms with Gasteiger partial charge in [0.2, 0.25) is 0 Å². The molecule has 0 atom stereocenters. The molecule has 4 N–H and O–H groups in total. The molecule has 0 aliphatic carbocycles. The zero-order chi connectivity index (χ0) is 17.0. The van der Waals surface area contributed by atoms with Crippen molar-refractivity contribution in [3.63, 3.8) is 0 Å². The minimum Gasteiger partial charge on any atom is -0.423 e. The van der Waals surface area contributed by atoms with Gasteiger partial charge in [0.05, 0.1) is 5.56 Å². The van der Waals surface area contributed by atoms with Gasteiger partial charge in [-0.05, 0) is 49.4 Å². The summed E-state index contributed by atoms with van der Waals surface area (Å²) in [6.45, 7) is 5.04. The summed E-state index contributed by atoms with van der Waals surface area (Å²) in [6.07, 6.45) is 0. The van der Waals surface area contributed by atoms with Crippen LogP contribution in [0.2, 0.25) is 0 Å². The molecule has 0 saturated heterocycles. The molecule has 6 nitrogen and oxygen atoms in total. The molecule has 0 aromatic heterocycles. The normalized spacial score (nSPS) is 9.96. The summed E-state index contributed by atoms with van der Waals surface area (Å²) >= 11 is 0. The Labute approximate surface area is 133 Å². The van der Waals surface area contributed by atoms with Crippen LogP contribution in [0.3, 0.4) is 0 Å². The maximum absolute atomic E-state index is 12.0. The number of benzene rings is 2. The van der Waals surface area contributed by atoms with E-state index in [-0.39, 0.29) is 5.56 Å². The second-order valence-electron chi connectivity index (χ2n) is 4.92. The van der Waals surface area contributed by atoms with Gasteiger partial charge in [-0.15, -0.1) is 0 Å². The Morgan fingerprint density at radius 2 is 1.39 bits per heavy atom. The van der Waals surface area contributed by atoms with Crippen molar-refractivity contribution in [3.8, 4) is 11.5 Å². The van der Waals surface area contributed by atoms with Gasteiger partial charge in [0.15, 0.2) is 0 Å². The number of rotatable bonds is 4. The number of anilines is 2. The number of hydrogen-bond acceptors (Lipinski definition) is 6. The standard InChI is InChI=1S/C17H16N2O4/c1-10(2)16(20)22-14-3-5-15(6-4-14)23-17(21)11-7-12(18)9-13(19)8-11/h3-9H,1,18-19H2,2H3. The second kappa shape index (κ2) is 6.65. The Hall–Kier alpha value is -3.28. The highest BCUT2D eigenvalue weighted by atomic mass is 16.5. The maximum atomic E-state index is 12.0. The number of hydrogen-bond donors (Lipinski definition) is 2. The fourth-order valence-corrected chi connectivity index (χ4v) is 1.73. The molecule has 0 saturated carbocycles. The molecule has 0 spiro atoms. The summed E-state index contributed by atoms with van der Waals surface area (Å²) in [5.74, 6) is -0.488. The molecule has 6 heteroatoms. The Bertz CT molecular complexity index is 746. The van der Waals surface area contributed by atoms with Crippen LogP contribution in [0.15, 0.2) is 54.6 Å². The van der Waals surface area contributed by atoms with Gasteiger partial charge in [0.25, 0.3) is 0 Å². The van der Waals surface area contributed by atoms with Crippen molar-refractivity contribution in [2.75, 3.05) is 11.5 Å². The third kappa shape index (κ3) is 4.34. The number of carbonyl (C=O) groups is 2. The second-order valence-corrected chi connectivity index (χ2v) is 4.92. The van der Waals surface area contributed by atoms with Crippen LogP contribution in [0.25, 0.3) is 0 Å². The van der Waals surface area contributed by atoms with Crippen LogP contribution < -0.4 is 20.9 Å². The van der Waals surface area contributed by atoms with Crippen LogP contribution in [-0.4, -0.2) is 11.9 Å². The van der Waals surface area contributed by atoms with E-state index in [0.717, 1.165) is 0 Å². The van der Waals surface area contributed by atoms with Crippen molar-refractivity contribution in [1.82, 2.24) is 0 Å². The predicted molar refractivity (Wildman–Crippen MR) is 87.1 cm³/mol. The Morgan fingerprint density at radius 3 is 1.87 bits per heavy atom. The van der Waals surface area contributed by atoms with Gasteiger partial charge in [0.1, 0.15) is 11.5 Å². The number of nitrogens with two attached hydrogens (primary N) is 2. The summed E-state index contributed by atoms with van der Waals surface area (Å²) in [5, 5.41) is 0. The van der Waals surface area contributed by atoms with Gasteiger partial charge >= 0.3 is 11.9 Å². The van der Waals surface area contributed by atoms with Gasteiger partial charge in [-0.3, -0.25) is 0 Å². The molecule has 2 rings (SSSR count). The highest BCUT2D eigenvalue weighted by Gasteiger charge is 2.11. The molecule has 0 amide bonds. The van der Waals surface area contributed by atoms with Gasteiger partial charge in [-0.1, -0.05) is 6.58 Å². The first-order valence-electron chi connectivity index (χ1n) is 6.71. The Morgan fingerprint density at radius 1 is 0.913 bits per heavy atom. The zero-order valence-corrected chi connectivity index (χ0v) is 12.5. The van der Waals surface area contributed by atoms with Crippen LogP contribution in [0.5, 0.6) is 11.5 Å². The van der Waals surface area contributed by atoms with E-state index in [1.54, 1.807) is 13.0 Å². The summed E-state index contributed by atoms with van der Waals surface area (Å²) in [4.78, 5) is 23.4. The van der Waals surface area contributed by atoms with E-state index in [2.05, 4.69) is 6.58 Å². The first-order chi connectivity index (χ1) is 10.8. The molecule has 118 valence electrons. The average molecular weight is 312 g/mol. The van der Waals surface area contributed by atoms with E-state index in [9.17, 15) is 9.59 Å². The van der Waals surface area contributed by atoms with Crippen LogP contribution in [0, 0.1) is 0 Å². The minimum atomic E-state index is -0.587. The van der Waals surface area contributed by atoms with E-state index in [4.69, 9.17) is 20.9 Å². The van der Waals surface area contributed by atoms with E-state index < -0.39 is 11.9 Å². The SMILES string of the molecule is C=C(C)C(=O)Oc1ccc(OC(=O)c2cc(N)cc(N)c2)cc1. The van der Waals surface area contributed by atoms with E-state index in [1.807, 2.05) is 0 Å². The molecule has 0 aliphatic heterocycles. The molecular formula is C17H16N2O4. The lowest BCUT2D eigenvalue weighted by Crippen LogP contribution is -2.10. The van der Waals surface area contributed by atoms with Crippen molar-refractivity contribution >= 4 is 23.3 Å². The van der Waals surface area contributed by atoms with E-state index in [1.165, 1.54) is 36.4 Å². The molecule has 2 aromatic carbocycles. The number of nitrogen functional groups attached to an aromatic ring is 2. The lowest BCUT2D eigenvalue weighted by molar-refractivity contribution is -0.130. The van der Waals surface area contributed by atoms with Crippen molar-refractivity contribution < 1.29 is 19.1 Å². The van der Waals surface area contributed by atoms with Crippen LogP contribution in [0.4, 0.5) is 11.4 Å². The molecule has 0 radical (unpaired) electrons. The first kappa shape index (κ1) is 16.1. The van der Waals surface area contributed by atoms with Gasteiger partial charge in [0, 0.05) is 16.9 Å². The third-order valence-corrected chi connectivity index (χ3v) is 2.81. The van der Waals surface area contributed by atoms with Crippen molar-refractivity contribution in [2.24, 2.45) is 0 Å². The van der Waals surface area contributed by atoms with Crippen LogP contribution in [-0.2, 0) is 4.79 Å². The molecule has 23 heavy (non-hydrogen) atoms. The van der Waals surface area contributed by atoms with Gasteiger partial charge in [-0.2, -0.15) is 0 Å². The highest BCUT2D eigenvalue weighted by Crippen LogP contribution is 2.21. The Balaban J connectivity index is 2.07. The quantitative estimate of drug-likeness (QED) is 0.389. The largest absolute Gasteiger partial charge is 0.423 e. The summed E-state index contributed by atoms with van der Waals surface area (Å²) in [7, 11) is 0. The fourth-order valence-electron chi connectivity index (χ4n) is 1.73. The van der Waals surface area contributed by atoms with Gasteiger partial charge < -0.3 is 20.9 Å². The highest BCUT2D eigenvalue weighted by molar-refractivity contribution is 5.93. The molecule has 0 fully saturated rings. The van der Waals surface area contributed by atoms with Crippen molar-refractivity contribution in [1.29, 1.82) is 0 Å². The number of carbonyl (C=O) groups excluding carboxylic acids is 2. The van der Waals surface area contributed by atoms with Gasteiger partial charge in [-0.25, -0.2) is 9.59 Å². The van der Waals surface area contributed by atoms with E-state index in [0.29, 0.717) is 28.4 Å². The monoisotopic (exact) mass is 312 g/mol. The number of ether oxygens (including phenoxy) is 2. The average Bonchev–Trinajstić information content (AvgIpc) is 2.48. The Kier molecular flexibility index (Phi) is 4.66. The molecule has 0 unspecified atom stereocenters. The molecule has 2 aromatic rings. The lowest BCUT2D eigenvalue weighted by Gasteiger charge is -2.07. The summed E-state index contributed by atoms with van der Waals surface area (Å²) in [6, 6.07) is 10.5. The topological polar surface area (TPSA) is 105 Å². The maximum Gasteiger partial charge on any atom is 0.343 e.